The van der Waals surface area contributed by atoms with Crippen molar-refractivity contribution < 1.29 is 13.6 Å². The van der Waals surface area contributed by atoms with Crippen molar-refractivity contribution in [3.8, 4) is 0 Å². The molecular formula is C14H18F2N2O. The largest absolute Gasteiger partial charge is 0.340 e. The first-order valence-corrected chi connectivity index (χ1v) is 6.41. The van der Waals surface area contributed by atoms with Crippen LogP contribution in [0.5, 0.6) is 0 Å². The summed E-state index contributed by atoms with van der Waals surface area (Å²) < 4.78 is 26.3. The third-order valence-corrected chi connectivity index (χ3v) is 3.69. The van der Waals surface area contributed by atoms with Crippen LogP contribution in [0.4, 0.5) is 8.78 Å². The number of carbonyl (C=O) groups excluding carboxylic acids is 1. The van der Waals surface area contributed by atoms with Gasteiger partial charge in [0.05, 0.1) is 5.54 Å². The van der Waals surface area contributed by atoms with Crippen molar-refractivity contribution >= 4 is 5.91 Å². The predicted octanol–water partition coefficient (Wildman–Crippen LogP) is 2.19. The lowest BCUT2D eigenvalue weighted by molar-refractivity contribution is -0.136. The van der Waals surface area contributed by atoms with Gasteiger partial charge in [0.2, 0.25) is 5.91 Å². The molecule has 0 aliphatic heterocycles. The number of hydrogen-bond acceptors (Lipinski definition) is 2. The lowest BCUT2D eigenvalue weighted by Gasteiger charge is -2.28. The molecule has 2 N–H and O–H groups in total. The van der Waals surface area contributed by atoms with Gasteiger partial charge in [-0.25, -0.2) is 8.78 Å². The van der Waals surface area contributed by atoms with E-state index in [0.717, 1.165) is 18.9 Å². The summed E-state index contributed by atoms with van der Waals surface area (Å²) >= 11 is 0. The molecule has 0 saturated heterocycles. The molecule has 104 valence electrons. The Balaban J connectivity index is 2.08. The summed E-state index contributed by atoms with van der Waals surface area (Å²) in [6.07, 6.45) is 3.23. The maximum Gasteiger partial charge on any atom is 0.242 e. The van der Waals surface area contributed by atoms with E-state index >= 15 is 0 Å². The summed E-state index contributed by atoms with van der Waals surface area (Å²) in [5.74, 6) is -1.44. The fourth-order valence-electron chi connectivity index (χ4n) is 2.58. The number of amides is 1. The molecule has 1 amide bonds. The van der Waals surface area contributed by atoms with Crippen molar-refractivity contribution in [3.05, 3.63) is 35.4 Å². The molecule has 1 saturated carbocycles. The maximum absolute atomic E-state index is 13.5. The molecule has 0 spiro atoms. The molecular weight excluding hydrogens is 250 g/mol. The van der Waals surface area contributed by atoms with Gasteiger partial charge in [-0.2, -0.15) is 0 Å². The van der Waals surface area contributed by atoms with Crippen LogP contribution in [-0.4, -0.2) is 23.4 Å². The summed E-state index contributed by atoms with van der Waals surface area (Å²) in [7, 11) is 1.60. The van der Waals surface area contributed by atoms with Gasteiger partial charge in [-0.1, -0.05) is 18.9 Å². The topological polar surface area (TPSA) is 46.3 Å². The molecule has 5 heteroatoms. The molecule has 1 aliphatic rings. The third kappa shape index (κ3) is 2.92. The summed E-state index contributed by atoms with van der Waals surface area (Å²) in [6, 6.07) is 3.36. The van der Waals surface area contributed by atoms with Crippen LogP contribution in [0.15, 0.2) is 18.2 Å². The highest BCUT2D eigenvalue weighted by Gasteiger charge is 2.38. The van der Waals surface area contributed by atoms with Gasteiger partial charge >= 0.3 is 0 Å². The normalized spacial score (nSPS) is 17.5. The van der Waals surface area contributed by atoms with Gasteiger partial charge in [0.25, 0.3) is 0 Å². The number of likely N-dealkylation sites (N-methyl/N-ethyl adjacent to an activating group) is 1. The Kier molecular flexibility index (Phi) is 3.85. The first-order valence-electron chi connectivity index (χ1n) is 6.41. The van der Waals surface area contributed by atoms with Gasteiger partial charge in [-0.3, -0.25) is 4.79 Å². The smallest absolute Gasteiger partial charge is 0.242 e. The lowest BCUT2D eigenvalue weighted by Crippen LogP contribution is -2.52. The zero-order valence-electron chi connectivity index (χ0n) is 11.0. The number of carbonyl (C=O) groups is 1. The molecule has 1 aliphatic carbocycles. The third-order valence-electron chi connectivity index (χ3n) is 3.69. The molecule has 0 atom stereocenters. The highest BCUT2D eigenvalue weighted by Crippen LogP contribution is 2.29. The van der Waals surface area contributed by atoms with E-state index in [2.05, 4.69) is 0 Å². The minimum atomic E-state index is -0.814. The summed E-state index contributed by atoms with van der Waals surface area (Å²) in [4.78, 5) is 13.7. The summed E-state index contributed by atoms with van der Waals surface area (Å²) in [5.41, 5.74) is 5.55. The van der Waals surface area contributed by atoms with Crippen LogP contribution in [0.1, 0.15) is 31.2 Å². The van der Waals surface area contributed by atoms with Gasteiger partial charge in [-0.15, -0.1) is 0 Å². The van der Waals surface area contributed by atoms with Crippen LogP contribution < -0.4 is 5.73 Å². The molecule has 1 aromatic carbocycles. The van der Waals surface area contributed by atoms with Gasteiger partial charge < -0.3 is 10.6 Å². The first kappa shape index (κ1) is 13.9. The molecule has 0 radical (unpaired) electrons. The molecule has 2 rings (SSSR count). The summed E-state index contributed by atoms with van der Waals surface area (Å²) in [5, 5.41) is 0. The van der Waals surface area contributed by atoms with Crippen molar-refractivity contribution in [1.82, 2.24) is 4.90 Å². The maximum atomic E-state index is 13.5. The average Bonchev–Trinajstić information content (AvgIpc) is 2.80. The second-order valence-corrected chi connectivity index (χ2v) is 5.26. The Morgan fingerprint density at radius 1 is 1.37 bits per heavy atom. The van der Waals surface area contributed by atoms with Gasteiger partial charge in [-0.05, 0) is 18.9 Å². The highest BCUT2D eigenvalue weighted by atomic mass is 19.1. The fraction of sp³-hybridized carbons (Fsp3) is 0.500. The molecule has 1 aromatic rings. The Labute approximate surface area is 111 Å². The van der Waals surface area contributed by atoms with Gasteiger partial charge in [0.1, 0.15) is 11.6 Å². The second kappa shape index (κ2) is 5.25. The second-order valence-electron chi connectivity index (χ2n) is 5.26. The van der Waals surface area contributed by atoms with Crippen molar-refractivity contribution in [2.24, 2.45) is 5.73 Å². The minimum Gasteiger partial charge on any atom is -0.340 e. The lowest BCUT2D eigenvalue weighted by atomic mass is 9.97. The number of rotatable bonds is 3. The standard InChI is InChI=1S/C14H18F2N2O/c1-18(13(19)14(17)6-2-3-7-14)9-10-4-5-11(15)8-12(10)16/h4-5,8H,2-3,6-7,9,17H2,1H3. The molecule has 0 bridgehead atoms. The van der Waals surface area contributed by atoms with Crippen molar-refractivity contribution in [3.63, 3.8) is 0 Å². The van der Waals surface area contributed by atoms with Crippen LogP contribution >= 0.6 is 0 Å². The van der Waals surface area contributed by atoms with Gasteiger partial charge in [0.15, 0.2) is 0 Å². The molecule has 0 heterocycles. The minimum absolute atomic E-state index is 0.101. The first-order chi connectivity index (χ1) is 8.92. The van der Waals surface area contributed by atoms with Crippen molar-refractivity contribution in [2.45, 2.75) is 37.8 Å². The molecule has 3 nitrogen and oxygen atoms in total. The number of nitrogens with two attached hydrogens (primary N) is 1. The van der Waals surface area contributed by atoms with Crippen LogP contribution in [0.3, 0.4) is 0 Å². The monoisotopic (exact) mass is 268 g/mol. The van der Waals surface area contributed by atoms with Crippen LogP contribution in [0.25, 0.3) is 0 Å². The van der Waals surface area contributed by atoms with Crippen molar-refractivity contribution in [1.29, 1.82) is 0 Å². The Morgan fingerprint density at radius 3 is 2.58 bits per heavy atom. The number of halogens is 2. The quantitative estimate of drug-likeness (QED) is 0.913. The number of nitrogens with zero attached hydrogens (tertiary/aromatic N) is 1. The average molecular weight is 268 g/mol. The van der Waals surface area contributed by atoms with E-state index < -0.39 is 17.2 Å². The predicted molar refractivity (Wildman–Crippen MR) is 68.2 cm³/mol. The molecule has 1 fully saturated rings. The number of benzene rings is 1. The van der Waals surface area contributed by atoms with E-state index in [4.69, 9.17) is 5.73 Å². The molecule has 0 unspecified atom stereocenters. The zero-order chi connectivity index (χ0) is 14.0. The van der Waals surface area contributed by atoms with Crippen LogP contribution in [0, 0.1) is 11.6 Å². The van der Waals surface area contributed by atoms with Crippen LogP contribution in [0.2, 0.25) is 0 Å². The van der Waals surface area contributed by atoms with Gasteiger partial charge in [0, 0.05) is 25.2 Å². The highest BCUT2D eigenvalue weighted by molar-refractivity contribution is 5.86. The van der Waals surface area contributed by atoms with E-state index in [-0.39, 0.29) is 12.5 Å². The number of hydrogen-bond donors (Lipinski definition) is 1. The zero-order valence-corrected chi connectivity index (χ0v) is 11.0. The van der Waals surface area contributed by atoms with E-state index in [1.807, 2.05) is 0 Å². The molecule has 19 heavy (non-hydrogen) atoms. The fourth-order valence-corrected chi connectivity index (χ4v) is 2.58. The Morgan fingerprint density at radius 2 is 2.00 bits per heavy atom. The van der Waals surface area contributed by atoms with E-state index in [9.17, 15) is 13.6 Å². The van der Waals surface area contributed by atoms with E-state index in [0.29, 0.717) is 18.4 Å². The van der Waals surface area contributed by atoms with Crippen molar-refractivity contribution in [2.75, 3.05) is 7.05 Å². The van der Waals surface area contributed by atoms with Crippen LogP contribution in [-0.2, 0) is 11.3 Å². The van der Waals surface area contributed by atoms with E-state index in [1.165, 1.54) is 17.0 Å². The molecule has 0 aromatic heterocycles. The van der Waals surface area contributed by atoms with E-state index in [1.54, 1.807) is 7.05 Å². The Hall–Kier alpha value is -1.49. The Bertz CT molecular complexity index is 484. The SMILES string of the molecule is CN(Cc1ccc(F)cc1F)C(=O)C1(N)CCCC1. The summed E-state index contributed by atoms with van der Waals surface area (Å²) in [6.45, 7) is 0.101.